The van der Waals surface area contributed by atoms with E-state index in [2.05, 4.69) is 48.2 Å². The largest absolute Gasteiger partial charge is 0.436 e. The number of hydrogen-bond acceptors (Lipinski definition) is 4. The van der Waals surface area contributed by atoms with Crippen LogP contribution in [0.15, 0.2) is 71.4 Å². The molecule has 0 bridgehead atoms. The predicted octanol–water partition coefficient (Wildman–Crippen LogP) is 5.12. The zero-order valence-corrected chi connectivity index (χ0v) is 16.8. The lowest BCUT2D eigenvalue weighted by Crippen LogP contribution is -2.22. The van der Waals surface area contributed by atoms with Gasteiger partial charge in [0.15, 0.2) is 5.58 Å². The zero-order chi connectivity index (χ0) is 20.4. The molecular weight excluding hydrogens is 362 g/mol. The normalized spacial score (nSPS) is 11.6. The second-order valence-corrected chi connectivity index (χ2v) is 8.07. The van der Waals surface area contributed by atoms with E-state index in [1.807, 2.05) is 30.3 Å². The Bertz CT molecular complexity index is 1140. The van der Waals surface area contributed by atoms with Gasteiger partial charge >= 0.3 is 0 Å². The monoisotopic (exact) mass is 385 g/mol. The number of fused-ring (bicyclic) bond motifs is 1. The Morgan fingerprint density at radius 2 is 1.86 bits per heavy atom. The summed E-state index contributed by atoms with van der Waals surface area (Å²) in [5, 5.41) is 2.90. The molecule has 4 aromatic rings. The van der Waals surface area contributed by atoms with Crippen molar-refractivity contribution < 1.29 is 9.21 Å². The number of pyridine rings is 1. The van der Waals surface area contributed by atoms with Gasteiger partial charge in [0, 0.05) is 24.5 Å². The van der Waals surface area contributed by atoms with Gasteiger partial charge in [-0.25, -0.2) is 4.98 Å². The molecule has 0 saturated carbocycles. The van der Waals surface area contributed by atoms with Crippen molar-refractivity contribution in [2.45, 2.75) is 32.7 Å². The van der Waals surface area contributed by atoms with Gasteiger partial charge in [-0.1, -0.05) is 39.0 Å². The molecule has 2 aromatic heterocycles. The van der Waals surface area contributed by atoms with Gasteiger partial charge in [-0.3, -0.25) is 9.78 Å². The highest BCUT2D eigenvalue weighted by Gasteiger charge is 2.16. The zero-order valence-electron chi connectivity index (χ0n) is 16.8. The van der Waals surface area contributed by atoms with Gasteiger partial charge in [0.1, 0.15) is 5.52 Å². The Labute approximate surface area is 169 Å². The van der Waals surface area contributed by atoms with Crippen LogP contribution in [0, 0.1) is 0 Å². The molecule has 0 aliphatic heterocycles. The number of nitrogens with one attached hydrogen (secondary N) is 1. The first-order valence-corrected chi connectivity index (χ1v) is 9.59. The Morgan fingerprint density at radius 3 is 2.55 bits per heavy atom. The third-order valence-electron chi connectivity index (χ3n) is 4.83. The van der Waals surface area contributed by atoms with Crippen molar-refractivity contribution in [1.82, 2.24) is 15.3 Å². The summed E-state index contributed by atoms with van der Waals surface area (Å²) in [6.45, 7) is 6.97. The average molecular weight is 385 g/mol. The first kappa shape index (κ1) is 18.9. The van der Waals surface area contributed by atoms with E-state index in [-0.39, 0.29) is 11.3 Å². The van der Waals surface area contributed by atoms with Crippen molar-refractivity contribution in [1.29, 1.82) is 0 Å². The van der Waals surface area contributed by atoms with Crippen LogP contribution in [0.1, 0.15) is 42.3 Å². The average Bonchev–Trinajstić information content (AvgIpc) is 3.16. The summed E-state index contributed by atoms with van der Waals surface area (Å²) < 4.78 is 6.00. The minimum absolute atomic E-state index is 0.0586. The maximum Gasteiger partial charge on any atom is 0.253 e. The summed E-state index contributed by atoms with van der Waals surface area (Å²) in [5.41, 5.74) is 5.36. The molecule has 1 amide bonds. The molecule has 0 radical (unpaired) electrons. The molecule has 0 aliphatic rings. The van der Waals surface area contributed by atoms with Crippen molar-refractivity contribution in [3.63, 3.8) is 0 Å². The van der Waals surface area contributed by atoms with Crippen LogP contribution >= 0.6 is 0 Å². The van der Waals surface area contributed by atoms with E-state index in [0.717, 1.165) is 22.2 Å². The highest BCUT2D eigenvalue weighted by molar-refractivity contribution is 5.93. The smallest absolute Gasteiger partial charge is 0.253 e. The molecule has 146 valence electrons. The van der Waals surface area contributed by atoms with Gasteiger partial charge in [-0.05, 0) is 52.9 Å². The maximum absolute atomic E-state index is 12.1. The predicted molar refractivity (Wildman–Crippen MR) is 114 cm³/mol. The summed E-state index contributed by atoms with van der Waals surface area (Å²) in [6, 6.07) is 17.5. The van der Waals surface area contributed by atoms with E-state index in [9.17, 15) is 4.79 Å². The Morgan fingerprint density at radius 1 is 1.07 bits per heavy atom. The van der Waals surface area contributed by atoms with Crippen molar-refractivity contribution in [2.75, 3.05) is 0 Å². The van der Waals surface area contributed by atoms with E-state index < -0.39 is 0 Å². The minimum Gasteiger partial charge on any atom is -0.436 e. The molecule has 5 nitrogen and oxygen atoms in total. The molecule has 0 spiro atoms. The van der Waals surface area contributed by atoms with E-state index in [1.165, 1.54) is 5.56 Å². The van der Waals surface area contributed by atoms with Crippen LogP contribution in [-0.2, 0) is 12.0 Å². The van der Waals surface area contributed by atoms with Crippen LogP contribution in [0.2, 0.25) is 0 Å². The van der Waals surface area contributed by atoms with E-state index >= 15 is 0 Å². The molecular formula is C24H23N3O2. The van der Waals surface area contributed by atoms with Crippen molar-refractivity contribution in [3.05, 3.63) is 83.7 Å². The van der Waals surface area contributed by atoms with Crippen LogP contribution in [0.5, 0.6) is 0 Å². The first-order chi connectivity index (χ1) is 13.9. The molecule has 2 aromatic carbocycles. The molecule has 2 heterocycles. The van der Waals surface area contributed by atoms with Crippen molar-refractivity contribution in [2.24, 2.45) is 0 Å². The minimum atomic E-state index is -0.143. The number of aromatic nitrogens is 2. The molecule has 5 heteroatoms. The second kappa shape index (κ2) is 7.51. The van der Waals surface area contributed by atoms with Crippen molar-refractivity contribution >= 4 is 17.0 Å². The van der Waals surface area contributed by atoms with Crippen LogP contribution in [-0.4, -0.2) is 15.9 Å². The van der Waals surface area contributed by atoms with Gasteiger partial charge in [-0.15, -0.1) is 0 Å². The summed E-state index contributed by atoms with van der Waals surface area (Å²) in [6.07, 6.45) is 3.20. The second-order valence-electron chi connectivity index (χ2n) is 8.07. The number of carbonyl (C=O) groups is 1. The highest BCUT2D eigenvalue weighted by atomic mass is 16.3. The van der Waals surface area contributed by atoms with E-state index in [0.29, 0.717) is 18.0 Å². The van der Waals surface area contributed by atoms with E-state index in [4.69, 9.17) is 4.42 Å². The van der Waals surface area contributed by atoms with Gasteiger partial charge in [0.05, 0.1) is 5.56 Å². The van der Waals surface area contributed by atoms with Crippen molar-refractivity contribution in [3.8, 4) is 11.5 Å². The van der Waals surface area contributed by atoms with Crippen LogP contribution < -0.4 is 5.32 Å². The first-order valence-electron chi connectivity index (χ1n) is 9.59. The van der Waals surface area contributed by atoms with Crippen LogP contribution in [0.3, 0.4) is 0 Å². The molecule has 0 unspecified atom stereocenters. The summed E-state index contributed by atoms with van der Waals surface area (Å²) in [5.74, 6) is 0.452. The SMILES string of the molecule is CC(C)(C)c1ccc2nc(-c3ccc(CNC(=O)c4cccnc4)cc3)oc2c1. The molecule has 29 heavy (non-hydrogen) atoms. The number of amides is 1. The van der Waals surface area contributed by atoms with Gasteiger partial charge in [0.2, 0.25) is 5.89 Å². The Hall–Kier alpha value is -3.47. The van der Waals surface area contributed by atoms with Gasteiger partial charge < -0.3 is 9.73 Å². The summed E-state index contributed by atoms with van der Waals surface area (Å²) >= 11 is 0. The highest BCUT2D eigenvalue weighted by Crippen LogP contribution is 2.29. The Kier molecular flexibility index (Phi) is 4.89. The number of rotatable bonds is 4. The lowest BCUT2D eigenvalue weighted by atomic mass is 9.87. The third-order valence-corrected chi connectivity index (χ3v) is 4.83. The summed E-state index contributed by atoms with van der Waals surface area (Å²) in [4.78, 5) is 20.7. The number of hydrogen-bond donors (Lipinski definition) is 1. The van der Waals surface area contributed by atoms with Crippen LogP contribution in [0.4, 0.5) is 0 Å². The quantitative estimate of drug-likeness (QED) is 0.530. The fourth-order valence-electron chi connectivity index (χ4n) is 3.06. The molecule has 0 saturated heterocycles. The molecule has 0 atom stereocenters. The fourth-order valence-corrected chi connectivity index (χ4v) is 3.06. The standard InChI is InChI=1S/C24H23N3O2/c1-24(2,3)19-10-11-20-21(13-19)29-23(27-20)17-8-6-16(7-9-17)14-26-22(28)18-5-4-12-25-15-18/h4-13,15H,14H2,1-3H3,(H,26,28). The lowest BCUT2D eigenvalue weighted by molar-refractivity contribution is 0.0950. The number of benzene rings is 2. The fraction of sp³-hybridized carbons (Fsp3) is 0.208. The number of oxazole rings is 1. The van der Waals surface area contributed by atoms with Crippen LogP contribution in [0.25, 0.3) is 22.6 Å². The lowest BCUT2D eigenvalue weighted by Gasteiger charge is -2.18. The van der Waals surface area contributed by atoms with E-state index in [1.54, 1.807) is 24.5 Å². The molecule has 0 fully saturated rings. The third kappa shape index (κ3) is 4.19. The Balaban J connectivity index is 1.48. The number of carbonyl (C=O) groups excluding carboxylic acids is 1. The molecule has 0 aliphatic carbocycles. The molecule has 1 N–H and O–H groups in total. The molecule has 4 rings (SSSR count). The number of nitrogens with zero attached hydrogens (tertiary/aromatic N) is 2. The van der Waals surface area contributed by atoms with Gasteiger partial charge in [0.25, 0.3) is 5.91 Å². The van der Waals surface area contributed by atoms with Gasteiger partial charge in [-0.2, -0.15) is 0 Å². The maximum atomic E-state index is 12.1. The topological polar surface area (TPSA) is 68.0 Å². The summed E-state index contributed by atoms with van der Waals surface area (Å²) in [7, 11) is 0.